The van der Waals surface area contributed by atoms with Gasteiger partial charge in [0.1, 0.15) is 13.2 Å². The van der Waals surface area contributed by atoms with Gasteiger partial charge in [0.25, 0.3) is 5.91 Å². The molecule has 0 aromatic heterocycles. The lowest BCUT2D eigenvalue weighted by Crippen LogP contribution is -2.17. The first-order chi connectivity index (χ1) is 16.5. The summed E-state index contributed by atoms with van der Waals surface area (Å²) in [5, 5.41) is 4.68. The number of carbonyl (C=O) groups excluding carboxylic acids is 1. The number of benzene rings is 3. The molecular weight excluding hydrogens is 475 g/mol. The van der Waals surface area contributed by atoms with Gasteiger partial charge in [-0.15, -0.1) is 0 Å². The van der Waals surface area contributed by atoms with Crippen molar-refractivity contribution in [3.05, 3.63) is 100 Å². The lowest BCUT2D eigenvalue weighted by atomic mass is 10.2. The molecule has 0 radical (unpaired) electrons. The van der Waals surface area contributed by atoms with Crippen LogP contribution >= 0.6 is 23.2 Å². The Morgan fingerprint density at radius 1 is 1.00 bits per heavy atom. The fourth-order valence-electron chi connectivity index (χ4n) is 2.94. The Morgan fingerprint density at radius 2 is 1.74 bits per heavy atom. The highest BCUT2D eigenvalue weighted by Crippen LogP contribution is 2.34. The largest absolute Gasteiger partial charge is 0.490 e. The minimum atomic E-state index is -0.410. The summed E-state index contributed by atoms with van der Waals surface area (Å²) >= 11 is 12.7. The smallest absolute Gasteiger partial charge is 0.271 e. The predicted octanol–water partition coefficient (Wildman–Crippen LogP) is 6.30. The van der Waals surface area contributed by atoms with Gasteiger partial charge in [-0.2, -0.15) is 5.10 Å². The standard InChI is InChI=1S/C26H24Cl2N2O4/c1-3-12-33-23-11-10-20(15-24(23)32-4-2)26(31)30-29-16-19-13-21(27)25(22(28)14-19)34-17-18-8-6-5-7-9-18/h3,5-11,13-16H,1,4,12,17H2,2H3,(H,30,31)/b29-16+. The molecule has 1 amide bonds. The van der Waals surface area contributed by atoms with E-state index in [1.165, 1.54) is 6.21 Å². The van der Waals surface area contributed by atoms with Gasteiger partial charge in [-0.1, -0.05) is 66.2 Å². The van der Waals surface area contributed by atoms with Crippen LogP contribution in [0, 0.1) is 0 Å². The number of carbonyl (C=O) groups is 1. The molecule has 0 aliphatic heterocycles. The lowest BCUT2D eigenvalue weighted by Gasteiger charge is -2.12. The number of hydrogen-bond donors (Lipinski definition) is 1. The van der Waals surface area contributed by atoms with Gasteiger partial charge in [0, 0.05) is 5.56 Å². The highest BCUT2D eigenvalue weighted by molar-refractivity contribution is 6.37. The van der Waals surface area contributed by atoms with Crippen LogP contribution in [-0.4, -0.2) is 25.3 Å². The van der Waals surface area contributed by atoms with E-state index in [4.69, 9.17) is 37.4 Å². The van der Waals surface area contributed by atoms with Crippen molar-refractivity contribution in [1.29, 1.82) is 0 Å². The van der Waals surface area contributed by atoms with Crippen LogP contribution in [0.2, 0.25) is 10.0 Å². The van der Waals surface area contributed by atoms with E-state index in [0.717, 1.165) is 5.56 Å². The molecule has 0 aliphatic rings. The summed E-state index contributed by atoms with van der Waals surface area (Å²) in [5.41, 5.74) is 4.45. The van der Waals surface area contributed by atoms with Crippen molar-refractivity contribution in [3.63, 3.8) is 0 Å². The van der Waals surface area contributed by atoms with Crippen molar-refractivity contribution in [2.75, 3.05) is 13.2 Å². The van der Waals surface area contributed by atoms with E-state index in [9.17, 15) is 4.79 Å². The van der Waals surface area contributed by atoms with E-state index in [0.29, 0.717) is 58.2 Å². The first kappa shape index (κ1) is 25.1. The van der Waals surface area contributed by atoms with E-state index in [-0.39, 0.29) is 0 Å². The minimum absolute atomic E-state index is 0.330. The number of amides is 1. The number of rotatable bonds is 11. The number of nitrogens with zero attached hydrogens (tertiary/aromatic N) is 1. The summed E-state index contributed by atoms with van der Waals surface area (Å²) in [7, 11) is 0. The molecule has 3 aromatic rings. The minimum Gasteiger partial charge on any atom is -0.490 e. The summed E-state index contributed by atoms with van der Waals surface area (Å²) in [6.07, 6.45) is 3.08. The Balaban J connectivity index is 1.64. The van der Waals surface area contributed by atoms with Crippen molar-refractivity contribution < 1.29 is 19.0 Å². The molecule has 0 aliphatic carbocycles. The van der Waals surface area contributed by atoms with Crippen LogP contribution in [-0.2, 0) is 6.61 Å². The first-order valence-electron chi connectivity index (χ1n) is 10.5. The Labute approximate surface area is 208 Å². The zero-order chi connectivity index (χ0) is 24.3. The Kier molecular flexibility index (Phi) is 9.38. The van der Waals surface area contributed by atoms with E-state index in [1.807, 2.05) is 37.3 Å². The summed E-state index contributed by atoms with van der Waals surface area (Å²) < 4.78 is 16.9. The van der Waals surface area contributed by atoms with E-state index >= 15 is 0 Å². The molecule has 0 spiro atoms. The molecular formula is C26H24Cl2N2O4. The van der Waals surface area contributed by atoms with Gasteiger partial charge in [-0.3, -0.25) is 4.79 Å². The molecule has 3 aromatic carbocycles. The first-order valence-corrected chi connectivity index (χ1v) is 11.3. The predicted molar refractivity (Wildman–Crippen MR) is 136 cm³/mol. The van der Waals surface area contributed by atoms with Crippen molar-refractivity contribution >= 4 is 35.3 Å². The lowest BCUT2D eigenvalue weighted by molar-refractivity contribution is 0.0954. The van der Waals surface area contributed by atoms with Crippen molar-refractivity contribution in [2.24, 2.45) is 5.10 Å². The summed E-state index contributed by atoms with van der Waals surface area (Å²) in [5.74, 6) is 0.967. The molecule has 0 saturated heterocycles. The van der Waals surface area contributed by atoms with Crippen LogP contribution in [0.5, 0.6) is 17.2 Å². The van der Waals surface area contributed by atoms with E-state index < -0.39 is 5.91 Å². The second kappa shape index (κ2) is 12.7. The van der Waals surface area contributed by atoms with Gasteiger partial charge in [-0.05, 0) is 48.4 Å². The molecule has 1 N–H and O–H groups in total. The third-order valence-corrected chi connectivity index (χ3v) is 5.05. The van der Waals surface area contributed by atoms with Crippen molar-refractivity contribution in [3.8, 4) is 17.2 Å². The second-order valence-corrected chi connectivity index (χ2v) is 7.80. The maximum Gasteiger partial charge on any atom is 0.271 e. The molecule has 3 rings (SSSR count). The van der Waals surface area contributed by atoms with Crippen LogP contribution in [0.1, 0.15) is 28.4 Å². The van der Waals surface area contributed by atoms with E-state index in [2.05, 4.69) is 17.1 Å². The zero-order valence-corrected chi connectivity index (χ0v) is 20.1. The van der Waals surface area contributed by atoms with Crippen LogP contribution in [0.3, 0.4) is 0 Å². The Morgan fingerprint density at radius 3 is 2.41 bits per heavy atom. The molecule has 0 bridgehead atoms. The zero-order valence-electron chi connectivity index (χ0n) is 18.6. The fourth-order valence-corrected chi connectivity index (χ4v) is 3.55. The molecule has 0 heterocycles. The highest BCUT2D eigenvalue weighted by Gasteiger charge is 2.12. The van der Waals surface area contributed by atoms with Crippen molar-refractivity contribution in [1.82, 2.24) is 5.43 Å². The average Bonchev–Trinajstić information content (AvgIpc) is 2.83. The summed E-state index contributed by atoms with van der Waals surface area (Å²) in [6, 6.07) is 17.9. The van der Waals surface area contributed by atoms with Crippen molar-refractivity contribution in [2.45, 2.75) is 13.5 Å². The monoisotopic (exact) mass is 498 g/mol. The Hall–Kier alpha value is -3.48. The van der Waals surface area contributed by atoms with E-state index in [1.54, 1.807) is 36.4 Å². The third-order valence-electron chi connectivity index (χ3n) is 4.49. The fraction of sp³-hybridized carbons (Fsp3) is 0.154. The topological polar surface area (TPSA) is 69.2 Å². The average molecular weight is 499 g/mol. The molecule has 0 saturated carbocycles. The van der Waals surface area contributed by atoms with Gasteiger partial charge in [0.2, 0.25) is 0 Å². The molecule has 0 atom stereocenters. The van der Waals surface area contributed by atoms with Gasteiger partial charge in [-0.25, -0.2) is 5.43 Å². The van der Waals surface area contributed by atoms with Gasteiger partial charge in [0.05, 0.1) is 22.9 Å². The molecule has 0 fully saturated rings. The maximum atomic E-state index is 12.5. The molecule has 8 heteroatoms. The quantitative estimate of drug-likeness (QED) is 0.191. The maximum absolute atomic E-state index is 12.5. The molecule has 34 heavy (non-hydrogen) atoms. The van der Waals surface area contributed by atoms with Gasteiger partial charge in [0.15, 0.2) is 17.2 Å². The molecule has 6 nitrogen and oxygen atoms in total. The second-order valence-electron chi connectivity index (χ2n) is 6.98. The molecule has 0 unspecified atom stereocenters. The summed E-state index contributed by atoms with van der Waals surface area (Å²) in [4.78, 5) is 12.5. The molecule has 176 valence electrons. The van der Waals surface area contributed by atoms with Crippen LogP contribution in [0.15, 0.2) is 78.4 Å². The Bertz CT molecular complexity index is 1140. The number of ether oxygens (including phenoxy) is 3. The van der Waals surface area contributed by atoms with Gasteiger partial charge < -0.3 is 14.2 Å². The van der Waals surface area contributed by atoms with Crippen LogP contribution in [0.4, 0.5) is 0 Å². The van der Waals surface area contributed by atoms with Gasteiger partial charge >= 0.3 is 0 Å². The third kappa shape index (κ3) is 7.01. The highest BCUT2D eigenvalue weighted by atomic mass is 35.5. The number of nitrogens with one attached hydrogen (secondary N) is 1. The number of hydrazone groups is 1. The number of hydrogen-bond acceptors (Lipinski definition) is 5. The van der Waals surface area contributed by atoms with Crippen LogP contribution < -0.4 is 19.6 Å². The summed E-state index contributed by atoms with van der Waals surface area (Å²) in [6.45, 7) is 6.57. The SMILES string of the molecule is C=CCOc1ccc(C(=O)N/N=C/c2cc(Cl)c(OCc3ccccc3)c(Cl)c2)cc1OCC. The normalized spacial score (nSPS) is 10.7. The number of halogens is 2. The van der Waals surface area contributed by atoms with Crippen LogP contribution in [0.25, 0.3) is 0 Å².